The van der Waals surface area contributed by atoms with Crippen molar-refractivity contribution in [1.29, 1.82) is 0 Å². The Balaban J connectivity index is 1.85. The number of carbonyl (C=O) groups is 2. The van der Waals surface area contributed by atoms with Crippen LogP contribution in [0.5, 0.6) is 11.5 Å². The van der Waals surface area contributed by atoms with Crippen molar-refractivity contribution in [2.45, 2.75) is 32.5 Å². The number of carboxylic acids is 1. The van der Waals surface area contributed by atoms with E-state index >= 15 is 0 Å². The third-order valence-corrected chi connectivity index (χ3v) is 4.85. The smallest absolute Gasteiger partial charge is 0.416 e. The van der Waals surface area contributed by atoms with Crippen LogP contribution in [0.1, 0.15) is 31.1 Å². The van der Waals surface area contributed by atoms with Gasteiger partial charge < -0.3 is 24.8 Å². The number of ether oxygens (including phenoxy) is 2. The third kappa shape index (κ3) is 7.47. The van der Waals surface area contributed by atoms with Gasteiger partial charge in [0, 0.05) is 37.9 Å². The summed E-state index contributed by atoms with van der Waals surface area (Å²) in [7, 11) is 0. The minimum Gasteiger partial charge on any atom is -0.478 e. The topological polar surface area (TPSA) is 104 Å². The molecule has 0 aliphatic carbocycles. The molecule has 1 aliphatic heterocycles. The average Bonchev–Trinajstić information content (AvgIpc) is 2.77. The second-order valence-corrected chi connectivity index (χ2v) is 8.86. The molecule has 1 amide bonds. The molecule has 2 heterocycles. The number of pyridine rings is 1. The van der Waals surface area contributed by atoms with Crippen molar-refractivity contribution in [3.8, 4) is 11.5 Å². The number of hydrogen-bond donors (Lipinski definition) is 2. The number of carboxylic acid groups (broad SMARTS) is 1. The van der Waals surface area contributed by atoms with Gasteiger partial charge in [0.1, 0.15) is 35.0 Å². The van der Waals surface area contributed by atoms with Crippen LogP contribution in [0.2, 0.25) is 0 Å². The number of amides is 1. The van der Waals surface area contributed by atoms with E-state index in [-0.39, 0.29) is 22.9 Å². The molecular formula is C23H27F3N4O5. The van der Waals surface area contributed by atoms with Gasteiger partial charge in [-0.3, -0.25) is 4.90 Å². The number of carbonyl (C=O) groups excluding carboxylic acids is 1. The summed E-state index contributed by atoms with van der Waals surface area (Å²) in [5.41, 5.74) is -0.315. The summed E-state index contributed by atoms with van der Waals surface area (Å²) >= 11 is 0. The van der Waals surface area contributed by atoms with E-state index in [1.54, 1.807) is 12.1 Å². The summed E-state index contributed by atoms with van der Waals surface area (Å²) in [6.45, 7) is 6.07. The molecule has 35 heavy (non-hydrogen) atoms. The molecule has 2 N–H and O–H groups in total. The molecule has 0 unspecified atom stereocenters. The van der Waals surface area contributed by atoms with Gasteiger partial charge in [-0.05, 0) is 45.0 Å². The number of hydrogen-bond acceptors (Lipinski definition) is 7. The molecule has 0 atom stereocenters. The number of aromatic carboxylic acids is 1. The zero-order chi connectivity index (χ0) is 25.8. The summed E-state index contributed by atoms with van der Waals surface area (Å²) in [5.74, 6) is -1.35. The zero-order valence-corrected chi connectivity index (χ0v) is 19.6. The molecule has 0 bridgehead atoms. The Bertz CT molecular complexity index is 1050. The first kappa shape index (κ1) is 26.1. The minimum absolute atomic E-state index is 0.0578. The van der Waals surface area contributed by atoms with E-state index in [4.69, 9.17) is 9.47 Å². The highest BCUT2D eigenvalue weighted by Crippen LogP contribution is 2.31. The molecule has 1 aromatic carbocycles. The lowest BCUT2D eigenvalue weighted by Gasteiger charge is -2.29. The van der Waals surface area contributed by atoms with Crippen LogP contribution in [0.25, 0.3) is 0 Å². The number of nitrogens with one attached hydrogen (secondary N) is 1. The molecule has 0 radical (unpaired) electrons. The minimum atomic E-state index is -4.69. The third-order valence-electron chi connectivity index (χ3n) is 4.85. The first-order valence-corrected chi connectivity index (χ1v) is 10.9. The van der Waals surface area contributed by atoms with E-state index in [1.165, 1.54) is 39.0 Å². The predicted molar refractivity (Wildman–Crippen MR) is 122 cm³/mol. The van der Waals surface area contributed by atoms with E-state index in [1.807, 2.05) is 0 Å². The van der Waals surface area contributed by atoms with Gasteiger partial charge in [-0.15, -0.1) is 0 Å². The lowest BCUT2D eigenvalue weighted by Crippen LogP contribution is -2.43. The SMILES string of the molecule is CC(C)(C)OC(=O)N(CC(F)(F)F)c1ccc(Oc2cc(N3CCNCC3)ccc2C(=O)O)cn1. The fourth-order valence-electron chi connectivity index (χ4n) is 3.35. The van der Waals surface area contributed by atoms with Gasteiger partial charge in [0.25, 0.3) is 0 Å². The van der Waals surface area contributed by atoms with Crippen LogP contribution in [0.3, 0.4) is 0 Å². The number of piperazine rings is 1. The molecule has 0 spiro atoms. The van der Waals surface area contributed by atoms with Crippen molar-refractivity contribution in [2.24, 2.45) is 0 Å². The van der Waals surface area contributed by atoms with Crippen molar-refractivity contribution in [2.75, 3.05) is 42.5 Å². The molecule has 12 heteroatoms. The summed E-state index contributed by atoms with van der Waals surface area (Å²) in [6.07, 6.45) is -4.77. The van der Waals surface area contributed by atoms with Crippen molar-refractivity contribution in [3.05, 3.63) is 42.1 Å². The number of rotatable bonds is 6. The van der Waals surface area contributed by atoms with Crippen molar-refractivity contribution < 1.29 is 37.3 Å². The Morgan fingerprint density at radius 1 is 1.14 bits per heavy atom. The number of benzene rings is 1. The van der Waals surface area contributed by atoms with Gasteiger partial charge in [-0.25, -0.2) is 14.6 Å². The Kier molecular flexibility index (Phi) is 7.73. The van der Waals surface area contributed by atoms with Crippen LogP contribution >= 0.6 is 0 Å². The second-order valence-electron chi connectivity index (χ2n) is 8.86. The second kappa shape index (κ2) is 10.4. The van der Waals surface area contributed by atoms with Gasteiger partial charge in [0.2, 0.25) is 0 Å². The van der Waals surface area contributed by atoms with Crippen LogP contribution in [0.4, 0.5) is 29.5 Å². The number of alkyl halides is 3. The van der Waals surface area contributed by atoms with Gasteiger partial charge in [-0.1, -0.05) is 0 Å². The molecule has 0 saturated carbocycles. The number of anilines is 2. The highest BCUT2D eigenvalue weighted by Gasteiger charge is 2.36. The molecule has 1 fully saturated rings. The van der Waals surface area contributed by atoms with Crippen LogP contribution < -0.4 is 19.9 Å². The van der Waals surface area contributed by atoms with Gasteiger partial charge in [0.05, 0.1) is 6.20 Å². The maximum Gasteiger partial charge on any atom is 0.416 e. The van der Waals surface area contributed by atoms with Gasteiger partial charge >= 0.3 is 18.2 Å². The van der Waals surface area contributed by atoms with Crippen molar-refractivity contribution >= 4 is 23.6 Å². The maximum absolute atomic E-state index is 13.1. The number of halogens is 3. The number of nitrogens with zero attached hydrogens (tertiary/aromatic N) is 3. The predicted octanol–water partition coefficient (Wildman–Crippen LogP) is 4.29. The number of aromatic nitrogens is 1. The largest absolute Gasteiger partial charge is 0.478 e. The average molecular weight is 496 g/mol. The quantitative estimate of drug-likeness (QED) is 0.611. The fourth-order valence-corrected chi connectivity index (χ4v) is 3.35. The molecule has 1 saturated heterocycles. The molecule has 3 rings (SSSR count). The Hall–Kier alpha value is -3.54. The molecular weight excluding hydrogens is 469 g/mol. The summed E-state index contributed by atoms with van der Waals surface area (Å²) in [5, 5.41) is 12.8. The molecule has 2 aromatic rings. The van der Waals surface area contributed by atoms with Crippen molar-refractivity contribution in [3.63, 3.8) is 0 Å². The summed E-state index contributed by atoms with van der Waals surface area (Å²) in [4.78, 5) is 30.4. The molecule has 190 valence electrons. The highest BCUT2D eigenvalue weighted by atomic mass is 19.4. The van der Waals surface area contributed by atoms with Crippen LogP contribution in [0, 0.1) is 0 Å². The Morgan fingerprint density at radius 3 is 2.37 bits per heavy atom. The monoisotopic (exact) mass is 496 g/mol. The van der Waals surface area contributed by atoms with Crippen LogP contribution in [0.15, 0.2) is 36.5 Å². The van der Waals surface area contributed by atoms with E-state index in [2.05, 4.69) is 15.2 Å². The van der Waals surface area contributed by atoms with E-state index in [9.17, 15) is 27.9 Å². The Morgan fingerprint density at radius 2 is 1.83 bits per heavy atom. The van der Waals surface area contributed by atoms with Crippen LogP contribution in [-0.4, -0.2) is 66.7 Å². The first-order valence-electron chi connectivity index (χ1n) is 10.9. The van der Waals surface area contributed by atoms with Gasteiger partial charge in [-0.2, -0.15) is 13.2 Å². The summed E-state index contributed by atoms with van der Waals surface area (Å²) in [6, 6.07) is 7.20. The molecule has 1 aliphatic rings. The fraction of sp³-hybridized carbons (Fsp3) is 0.435. The first-order chi connectivity index (χ1) is 16.3. The van der Waals surface area contributed by atoms with Crippen LogP contribution in [-0.2, 0) is 4.74 Å². The highest BCUT2D eigenvalue weighted by molar-refractivity contribution is 5.92. The molecule has 1 aromatic heterocycles. The Labute approximate surface area is 200 Å². The molecule has 9 nitrogen and oxygen atoms in total. The normalized spacial score (nSPS) is 14.4. The lowest BCUT2D eigenvalue weighted by molar-refractivity contribution is -0.119. The standard InChI is InChI=1S/C23H27F3N4O5/c1-22(2,3)35-21(33)30(14-23(24,25)26)19-7-5-16(13-28-19)34-18-12-15(4-6-17(18)20(31)32)29-10-8-27-9-11-29/h4-7,12-13,27H,8-11,14H2,1-3H3,(H,31,32). The summed E-state index contributed by atoms with van der Waals surface area (Å²) < 4.78 is 50.1. The van der Waals surface area contributed by atoms with Crippen molar-refractivity contribution in [1.82, 2.24) is 10.3 Å². The van der Waals surface area contributed by atoms with E-state index in [0.717, 1.165) is 38.1 Å². The van der Waals surface area contributed by atoms with Gasteiger partial charge in [0.15, 0.2) is 0 Å². The lowest BCUT2D eigenvalue weighted by atomic mass is 10.1. The van der Waals surface area contributed by atoms with E-state index in [0.29, 0.717) is 4.90 Å². The van der Waals surface area contributed by atoms with E-state index < -0.39 is 30.4 Å². The maximum atomic E-state index is 13.1. The zero-order valence-electron chi connectivity index (χ0n) is 19.6.